The van der Waals surface area contributed by atoms with Gasteiger partial charge in [-0.15, -0.1) is 5.10 Å². The molecule has 5 rings (SSSR count). The van der Waals surface area contributed by atoms with Crippen molar-refractivity contribution in [3.63, 3.8) is 0 Å². The van der Waals surface area contributed by atoms with Crippen molar-refractivity contribution < 1.29 is 14.6 Å². The highest BCUT2D eigenvalue weighted by atomic mass is 16.6. The van der Waals surface area contributed by atoms with Crippen LogP contribution >= 0.6 is 0 Å². The average Bonchev–Trinajstić information content (AvgIpc) is 3.51. The SMILES string of the molecule is CC(C)(C)OC(=O)N1CCC(n2nnc(-c3cc(O)c4ccnn4c3)c2C2CCCC2)CC1. The third-order valence-electron chi connectivity index (χ3n) is 6.69. The molecule has 1 saturated carbocycles. The number of pyridine rings is 1. The van der Waals surface area contributed by atoms with Gasteiger partial charge in [0.2, 0.25) is 0 Å². The maximum absolute atomic E-state index is 12.5. The summed E-state index contributed by atoms with van der Waals surface area (Å²) in [6.45, 7) is 6.94. The standard InChI is InChI=1S/C24H32N6O3/c1-24(2,3)33-23(32)28-12-9-18(10-13-28)30-22(16-6-4-5-7-16)21(26-27-30)17-14-20(31)19-8-11-25-29(19)15-17/h8,11,14-16,18,31H,4-7,9-10,12-13H2,1-3H3. The topological polar surface area (TPSA) is 97.8 Å². The second kappa shape index (κ2) is 8.35. The number of aromatic hydroxyl groups is 1. The maximum atomic E-state index is 12.5. The quantitative estimate of drug-likeness (QED) is 0.627. The zero-order chi connectivity index (χ0) is 23.2. The molecule has 1 aliphatic carbocycles. The molecule has 1 aliphatic heterocycles. The molecule has 1 amide bonds. The van der Waals surface area contributed by atoms with Crippen molar-refractivity contribution in [3.05, 3.63) is 30.2 Å². The van der Waals surface area contributed by atoms with Crippen LogP contribution in [0.25, 0.3) is 16.8 Å². The highest BCUT2D eigenvalue weighted by Gasteiger charge is 2.33. The van der Waals surface area contributed by atoms with E-state index in [-0.39, 0.29) is 17.9 Å². The molecule has 0 bridgehead atoms. The lowest BCUT2D eigenvalue weighted by Crippen LogP contribution is -2.42. The van der Waals surface area contributed by atoms with Gasteiger partial charge in [0.15, 0.2) is 0 Å². The van der Waals surface area contributed by atoms with E-state index in [1.54, 1.807) is 27.7 Å². The van der Waals surface area contributed by atoms with Crippen LogP contribution in [0, 0.1) is 0 Å². The summed E-state index contributed by atoms with van der Waals surface area (Å²) in [5.74, 6) is 0.580. The molecule has 4 heterocycles. The second-order valence-corrected chi connectivity index (χ2v) is 10.2. The summed E-state index contributed by atoms with van der Waals surface area (Å²) in [4.78, 5) is 14.3. The van der Waals surface area contributed by atoms with Gasteiger partial charge in [0, 0.05) is 30.8 Å². The molecule has 0 spiro atoms. The molecule has 33 heavy (non-hydrogen) atoms. The van der Waals surface area contributed by atoms with Gasteiger partial charge in [0.25, 0.3) is 0 Å². The third kappa shape index (κ3) is 4.28. The summed E-state index contributed by atoms with van der Waals surface area (Å²) in [6.07, 6.45) is 9.60. The number of likely N-dealkylation sites (tertiary alicyclic amines) is 1. The van der Waals surface area contributed by atoms with E-state index in [4.69, 9.17) is 4.74 Å². The molecule has 9 nitrogen and oxygen atoms in total. The summed E-state index contributed by atoms with van der Waals surface area (Å²) in [5.41, 5.74) is 2.97. The fraction of sp³-hybridized carbons (Fsp3) is 0.583. The largest absolute Gasteiger partial charge is 0.506 e. The number of piperidine rings is 1. The van der Waals surface area contributed by atoms with Crippen molar-refractivity contribution in [1.29, 1.82) is 0 Å². The van der Waals surface area contributed by atoms with E-state index in [0.717, 1.165) is 42.6 Å². The summed E-state index contributed by atoms with van der Waals surface area (Å²) < 4.78 is 9.33. The molecule has 3 aromatic rings. The molecule has 0 aromatic carbocycles. The minimum Gasteiger partial charge on any atom is -0.506 e. The Kier molecular flexibility index (Phi) is 5.50. The molecule has 176 valence electrons. The number of rotatable bonds is 3. The van der Waals surface area contributed by atoms with E-state index in [0.29, 0.717) is 24.5 Å². The summed E-state index contributed by atoms with van der Waals surface area (Å²) >= 11 is 0. The molecule has 1 N–H and O–H groups in total. The first-order valence-electron chi connectivity index (χ1n) is 11.9. The van der Waals surface area contributed by atoms with Gasteiger partial charge in [-0.1, -0.05) is 18.1 Å². The van der Waals surface area contributed by atoms with E-state index in [1.165, 1.54) is 12.8 Å². The Bertz CT molecular complexity index is 1150. The minimum atomic E-state index is -0.494. The number of carbonyl (C=O) groups is 1. The van der Waals surface area contributed by atoms with Crippen LogP contribution in [0.5, 0.6) is 5.75 Å². The van der Waals surface area contributed by atoms with Crippen LogP contribution in [-0.2, 0) is 4.74 Å². The Morgan fingerprint density at radius 3 is 2.58 bits per heavy atom. The lowest BCUT2D eigenvalue weighted by molar-refractivity contribution is 0.0183. The zero-order valence-corrected chi connectivity index (χ0v) is 19.6. The van der Waals surface area contributed by atoms with Gasteiger partial charge < -0.3 is 14.7 Å². The van der Waals surface area contributed by atoms with Crippen LogP contribution in [-0.4, -0.2) is 59.4 Å². The number of nitrogens with zero attached hydrogens (tertiary/aromatic N) is 6. The molecule has 3 aromatic heterocycles. The van der Waals surface area contributed by atoms with Gasteiger partial charge in [-0.05, 0) is 58.6 Å². The first-order valence-corrected chi connectivity index (χ1v) is 11.9. The van der Waals surface area contributed by atoms with Crippen LogP contribution in [0.4, 0.5) is 4.79 Å². The lowest BCUT2D eigenvalue weighted by atomic mass is 9.97. The van der Waals surface area contributed by atoms with Gasteiger partial charge >= 0.3 is 6.09 Å². The highest BCUT2D eigenvalue weighted by molar-refractivity contribution is 5.70. The predicted octanol–water partition coefficient (Wildman–Crippen LogP) is 4.53. The van der Waals surface area contributed by atoms with Crippen LogP contribution in [0.1, 0.15) is 76.9 Å². The van der Waals surface area contributed by atoms with E-state index in [2.05, 4.69) is 20.1 Å². The Balaban J connectivity index is 1.43. The molecule has 2 fully saturated rings. The van der Waals surface area contributed by atoms with Crippen LogP contribution < -0.4 is 0 Å². The smallest absolute Gasteiger partial charge is 0.410 e. The van der Waals surface area contributed by atoms with Crippen molar-refractivity contribution in [2.24, 2.45) is 0 Å². The van der Waals surface area contributed by atoms with Gasteiger partial charge in [0.1, 0.15) is 22.6 Å². The first-order chi connectivity index (χ1) is 15.8. The van der Waals surface area contributed by atoms with Crippen molar-refractivity contribution in [2.45, 2.75) is 76.9 Å². The number of hydrogen-bond donors (Lipinski definition) is 1. The van der Waals surface area contributed by atoms with Crippen LogP contribution in [0.15, 0.2) is 24.5 Å². The molecule has 9 heteroatoms. The Hall–Kier alpha value is -3.10. The second-order valence-electron chi connectivity index (χ2n) is 10.2. The monoisotopic (exact) mass is 452 g/mol. The molecular weight excluding hydrogens is 420 g/mol. The summed E-state index contributed by atoms with van der Waals surface area (Å²) in [7, 11) is 0. The van der Waals surface area contributed by atoms with Gasteiger partial charge in [-0.25, -0.2) is 14.0 Å². The fourth-order valence-electron chi connectivity index (χ4n) is 5.11. The van der Waals surface area contributed by atoms with E-state index >= 15 is 0 Å². The third-order valence-corrected chi connectivity index (χ3v) is 6.69. The molecule has 0 atom stereocenters. The molecule has 1 saturated heterocycles. The summed E-state index contributed by atoms with van der Waals surface area (Å²) in [6, 6.07) is 3.73. The summed E-state index contributed by atoms with van der Waals surface area (Å²) in [5, 5.41) is 24.0. The lowest BCUT2D eigenvalue weighted by Gasteiger charge is -2.34. The van der Waals surface area contributed by atoms with Gasteiger partial charge in [0.05, 0.1) is 17.9 Å². The van der Waals surface area contributed by atoms with Crippen molar-refractivity contribution in [3.8, 4) is 17.0 Å². The Morgan fingerprint density at radius 2 is 1.88 bits per heavy atom. The number of ether oxygens (including phenoxy) is 1. The highest BCUT2D eigenvalue weighted by Crippen LogP contribution is 2.41. The van der Waals surface area contributed by atoms with Crippen molar-refractivity contribution in [1.82, 2.24) is 29.5 Å². The molecule has 0 radical (unpaired) electrons. The van der Waals surface area contributed by atoms with E-state index in [1.807, 2.05) is 27.0 Å². The normalized spacial score (nSPS) is 18.3. The fourth-order valence-corrected chi connectivity index (χ4v) is 5.11. The van der Waals surface area contributed by atoms with E-state index < -0.39 is 5.60 Å². The molecule has 2 aliphatic rings. The van der Waals surface area contributed by atoms with Gasteiger partial charge in [-0.3, -0.25) is 0 Å². The minimum absolute atomic E-state index is 0.183. The van der Waals surface area contributed by atoms with Crippen LogP contribution in [0.2, 0.25) is 0 Å². The Labute approximate surface area is 193 Å². The Morgan fingerprint density at radius 1 is 1.15 bits per heavy atom. The van der Waals surface area contributed by atoms with Gasteiger partial charge in [-0.2, -0.15) is 5.10 Å². The van der Waals surface area contributed by atoms with E-state index in [9.17, 15) is 9.90 Å². The average molecular weight is 453 g/mol. The predicted molar refractivity (Wildman–Crippen MR) is 123 cm³/mol. The number of fused-ring (bicyclic) bond motifs is 1. The van der Waals surface area contributed by atoms with Crippen molar-refractivity contribution in [2.75, 3.05) is 13.1 Å². The number of aromatic nitrogens is 5. The number of hydrogen-bond acceptors (Lipinski definition) is 6. The zero-order valence-electron chi connectivity index (χ0n) is 19.6. The molecule has 0 unspecified atom stereocenters. The molecular formula is C24H32N6O3. The number of carbonyl (C=O) groups excluding carboxylic acids is 1. The number of amides is 1. The van der Waals surface area contributed by atoms with Crippen LogP contribution in [0.3, 0.4) is 0 Å². The van der Waals surface area contributed by atoms with Crippen molar-refractivity contribution >= 4 is 11.6 Å². The maximum Gasteiger partial charge on any atom is 0.410 e. The first kappa shape index (κ1) is 21.7.